The van der Waals surface area contributed by atoms with Gasteiger partial charge in [-0.1, -0.05) is 17.0 Å². The van der Waals surface area contributed by atoms with Crippen LogP contribution in [0.1, 0.15) is 24.6 Å². The lowest BCUT2D eigenvalue weighted by Crippen LogP contribution is -2.34. The number of carbonyl (C=O) groups excluding carboxylic acids is 1. The molecule has 2 aromatic rings. The minimum absolute atomic E-state index is 0.00972. The van der Waals surface area contributed by atoms with Crippen molar-refractivity contribution >= 4 is 34.8 Å². The number of hydrogen-bond acceptors (Lipinski definition) is 15. The Kier molecular flexibility index (Phi) is 16.3. The van der Waals surface area contributed by atoms with Crippen LogP contribution in [0.4, 0.5) is 5.69 Å². The normalized spacial score (nSPS) is 19.4. The number of phosphoric ester groups is 1. The zero-order chi connectivity index (χ0) is 38.4. The van der Waals surface area contributed by atoms with Crippen LogP contribution in [0.5, 0.6) is 5.75 Å². The summed E-state index contributed by atoms with van der Waals surface area (Å²) < 4.78 is 70.2. The lowest BCUT2D eigenvalue weighted by molar-refractivity contribution is -0.126. The van der Waals surface area contributed by atoms with Crippen LogP contribution in [0, 0.1) is 11.8 Å². The number of aromatic amines is 1. The Morgan fingerprint density at radius 2 is 1.88 bits per heavy atom. The molecule has 3 rings (SSSR count). The summed E-state index contributed by atoms with van der Waals surface area (Å²) in [5.41, 5.74) is 7.85. The largest absolute Gasteiger partial charge is 0.491 e. The number of carbonyl (C=O) groups is 1. The number of azide groups is 1. The Morgan fingerprint density at radius 3 is 2.56 bits per heavy atom. The first-order valence-corrected chi connectivity index (χ1v) is 19.9. The van der Waals surface area contributed by atoms with Gasteiger partial charge in [0.15, 0.2) is 6.23 Å². The van der Waals surface area contributed by atoms with E-state index in [4.69, 9.17) is 29.4 Å². The molecule has 0 saturated carbocycles. The summed E-state index contributed by atoms with van der Waals surface area (Å²) in [5.74, 6) is 5.11. The van der Waals surface area contributed by atoms with Crippen molar-refractivity contribution in [3.8, 4) is 17.6 Å². The molecule has 52 heavy (non-hydrogen) atoms. The van der Waals surface area contributed by atoms with E-state index in [1.165, 1.54) is 0 Å². The van der Waals surface area contributed by atoms with Crippen LogP contribution in [0.25, 0.3) is 10.4 Å². The average molecular weight is 796 g/mol. The van der Waals surface area contributed by atoms with Crippen molar-refractivity contribution < 1.29 is 65.3 Å². The zero-order valence-corrected chi connectivity index (χ0v) is 30.2. The molecule has 6 atom stereocenters. The van der Waals surface area contributed by atoms with E-state index in [1.54, 1.807) is 19.2 Å². The highest BCUT2D eigenvalue weighted by Gasteiger charge is 2.40. The quantitative estimate of drug-likeness (QED) is 0.0276. The summed E-state index contributed by atoms with van der Waals surface area (Å²) in [6.45, 7) is -0.723. The fraction of sp³-hybridized carbons (Fsp3) is 0.500. The molecule has 1 amide bonds. The molecule has 0 bridgehead atoms. The molecule has 6 N–H and O–H groups in total. The molecule has 286 valence electrons. The molecule has 1 aromatic heterocycles. The molecule has 23 nitrogen and oxygen atoms in total. The summed E-state index contributed by atoms with van der Waals surface area (Å²) in [7, 11) is -13.5. The van der Waals surface area contributed by atoms with E-state index in [1.807, 2.05) is 12.1 Å². The van der Waals surface area contributed by atoms with Gasteiger partial charge in [-0.3, -0.25) is 28.2 Å². The molecular weight excluding hydrogens is 759 g/mol. The third-order valence-corrected chi connectivity index (χ3v) is 10.5. The van der Waals surface area contributed by atoms with E-state index in [2.05, 4.69) is 50.6 Å². The molecule has 4 unspecified atom stereocenters. The standard InChI is InChI=1S/C26H36N7O16P3/c1-28-19-5-7-20(8-6-19)45-17-23(31-32-27)44-13-12-43-16-22(34)29-11-3-4-18-14-33(26(36)30-25(18)35)24-10-9-21(47-24)15-46-51(39,40)49-52(41,42)48-50(2,37)38/h5-8,14,21,23-24,28H,9-13,15-17H2,1-2H3,(H,29,34)(H,37,38)(H,39,40)(H,41,42)(H,30,35,36)/t21-,23?,24+/m0/s1. The first-order chi connectivity index (χ1) is 24.5. The molecule has 1 aliphatic rings. The van der Waals surface area contributed by atoms with E-state index >= 15 is 0 Å². The number of rotatable bonds is 20. The van der Waals surface area contributed by atoms with Crippen molar-refractivity contribution in [2.75, 3.05) is 58.6 Å². The lowest BCUT2D eigenvalue weighted by atomic mass is 10.2. The first kappa shape index (κ1) is 42.6. The van der Waals surface area contributed by atoms with Crippen molar-refractivity contribution in [3.63, 3.8) is 0 Å². The van der Waals surface area contributed by atoms with Gasteiger partial charge in [0.1, 0.15) is 30.8 Å². The second-order valence-electron chi connectivity index (χ2n) is 10.4. The van der Waals surface area contributed by atoms with Crippen LogP contribution in [-0.4, -0.2) is 95.8 Å². The van der Waals surface area contributed by atoms with E-state index in [-0.39, 0.29) is 51.4 Å². The maximum atomic E-state index is 12.4. The molecule has 1 fully saturated rings. The lowest BCUT2D eigenvalue weighted by Gasteiger charge is -2.19. The van der Waals surface area contributed by atoms with Gasteiger partial charge in [-0.15, -0.1) is 0 Å². The van der Waals surface area contributed by atoms with Crippen molar-refractivity contribution in [2.45, 2.75) is 31.4 Å². The minimum atomic E-state index is -5.45. The SMILES string of the molecule is CNc1ccc(OCC(N=[N+]=[N-])OCCOCC(=O)NCC#Cc2cn([C@H]3CC[C@@H](COP(=O)(O)OP(=O)(O)OP(C)(=O)O)O3)c(=O)[nH]c2=O)cc1. The fourth-order valence-corrected chi connectivity index (χ4v) is 7.64. The van der Waals surface area contributed by atoms with Crippen molar-refractivity contribution in [1.29, 1.82) is 0 Å². The summed E-state index contributed by atoms with van der Waals surface area (Å²) in [4.78, 5) is 69.8. The van der Waals surface area contributed by atoms with Gasteiger partial charge < -0.3 is 44.3 Å². The number of amides is 1. The van der Waals surface area contributed by atoms with Gasteiger partial charge in [0.25, 0.3) is 5.56 Å². The van der Waals surface area contributed by atoms with Crippen LogP contribution >= 0.6 is 23.2 Å². The molecule has 2 heterocycles. The maximum absolute atomic E-state index is 12.4. The van der Waals surface area contributed by atoms with Gasteiger partial charge in [0.05, 0.1) is 32.5 Å². The molecule has 0 radical (unpaired) electrons. The van der Waals surface area contributed by atoms with Gasteiger partial charge >= 0.3 is 28.9 Å². The summed E-state index contributed by atoms with van der Waals surface area (Å²) in [6.07, 6.45) is -1.38. The molecule has 0 aliphatic carbocycles. The Morgan fingerprint density at radius 1 is 1.15 bits per heavy atom. The summed E-state index contributed by atoms with van der Waals surface area (Å²) in [6, 6.07) is 7.08. The van der Waals surface area contributed by atoms with Crippen molar-refractivity contribution in [3.05, 3.63) is 67.3 Å². The number of phosphoric acid groups is 2. The van der Waals surface area contributed by atoms with Crippen LogP contribution < -0.4 is 26.6 Å². The number of H-pyrrole nitrogens is 1. The average Bonchev–Trinajstić information content (AvgIpc) is 3.53. The van der Waals surface area contributed by atoms with Crippen molar-refractivity contribution in [1.82, 2.24) is 14.9 Å². The molecule has 1 aromatic carbocycles. The Hall–Kier alpha value is -3.83. The topological polar surface area (TPSA) is 321 Å². The van der Waals surface area contributed by atoms with Gasteiger partial charge in [0, 0.05) is 30.5 Å². The van der Waals surface area contributed by atoms with Gasteiger partial charge in [-0.05, 0) is 42.6 Å². The van der Waals surface area contributed by atoms with E-state index in [0.717, 1.165) is 16.5 Å². The van der Waals surface area contributed by atoms with Gasteiger partial charge in [0.2, 0.25) is 5.91 Å². The Bertz CT molecular complexity index is 1900. The van der Waals surface area contributed by atoms with Crippen LogP contribution in [0.2, 0.25) is 0 Å². The van der Waals surface area contributed by atoms with E-state index in [9.17, 15) is 37.9 Å². The van der Waals surface area contributed by atoms with E-state index in [0.29, 0.717) is 12.4 Å². The fourth-order valence-electron chi connectivity index (χ4n) is 4.14. The highest BCUT2D eigenvalue weighted by Crippen LogP contribution is 2.66. The smallest absolute Gasteiger partial charge is 0.488 e. The van der Waals surface area contributed by atoms with Crippen LogP contribution in [0.3, 0.4) is 0 Å². The number of ether oxygens (including phenoxy) is 4. The number of benzene rings is 1. The Labute approximate surface area is 294 Å². The minimum Gasteiger partial charge on any atom is -0.491 e. The number of hydrogen-bond donors (Lipinski definition) is 6. The monoisotopic (exact) mass is 795 g/mol. The van der Waals surface area contributed by atoms with E-state index < -0.39 is 65.6 Å². The predicted molar refractivity (Wildman–Crippen MR) is 179 cm³/mol. The highest BCUT2D eigenvalue weighted by atomic mass is 31.3. The number of aromatic nitrogens is 2. The van der Waals surface area contributed by atoms with Gasteiger partial charge in [-0.2, -0.15) is 4.31 Å². The van der Waals surface area contributed by atoms with Crippen LogP contribution in [-0.2, 0) is 45.8 Å². The predicted octanol–water partition coefficient (Wildman–Crippen LogP) is 1.54. The highest BCUT2D eigenvalue weighted by molar-refractivity contribution is 7.68. The zero-order valence-electron chi connectivity index (χ0n) is 27.6. The summed E-state index contributed by atoms with van der Waals surface area (Å²) >= 11 is 0. The van der Waals surface area contributed by atoms with Gasteiger partial charge in [-0.25, -0.2) is 18.2 Å². The first-order valence-electron chi connectivity index (χ1n) is 14.9. The third kappa shape index (κ3) is 15.4. The van der Waals surface area contributed by atoms with Crippen LogP contribution in [0.15, 0.2) is 45.2 Å². The second kappa shape index (κ2) is 19.9. The molecule has 26 heteroatoms. The maximum Gasteiger partial charge on any atom is 0.488 e. The number of nitrogens with zero attached hydrogens (tertiary/aromatic N) is 4. The number of anilines is 1. The molecular formula is C26H36N7O16P3. The second-order valence-corrected chi connectivity index (χ2v) is 15.5. The number of nitrogens with one attached hydrogen (secondary N) is 3. The molecule has 0 spiro atoms. The summed E-state index contributed by atoms with van der Waals surface area (Å²) in [5, 5.41) is 8.96. The van der Waals surface area contributed by atoms with Crippen molar-refractivity contribution in [2.24, 2.45) is 5.11 Å². The molecule has 1 saturated heterocycles. The Balaban J connectivity index is 1.41. The third-order valence-electron chi connectivity index (χ3n) is 6.33. The molecule has 1 aliphatic heterocycles.